The molecule has 164 valence electrons. The van der Waals surface area contributed by atoms with E-state index in [9.17, 15) is 14.0 Å². The molecule has 1 saturated heterocycles. The largest absolute Gasteiger partial charge is 0.455 e. The highest BCUT2D eigenvalue weighted by Gasteiger charge is 2.44. The molecule has 31 heavy (non-hydrogen) atoms. The van der Waals surface area contributed by atoms with Crippen LogP contribution in [0, 0.1) is 5.82 Å². The molecule has 2 aromatic carbocycles. The predicted molar refractivity (Wildman–Crippen MR) is 118 cm³/mol. The van der Waals surface area contributed by atoms with Crippen LogP contribution in [0.15, 0.2) is 40.9 Å². The number of para-hydroxylation sites is 1. The summed E-state index contributed by atoms with van der Waals surface area (Å²) in [6, 6.07) is 8.97. The van der Waals surface area contributed by atoms with Crippen LogP contribution in [-0.2, 0) is 9.53 Å². The second kappa shape index (κ2) is 8.86. The molecular formula is C23H24BrFN2O4. The Labute approximate surface area is 188 Å². The predicted octanol–water partition coefficient (Wildman–Crippen LogP) is 5.85. The molecule has 4 rings (SSSR count). The molecule has 0 saturated carbocycles. The fourth-order valence-corrected chi connectivity index (χ4v) is 4.85. The van der Waals surface area contributed by atoms with E-state index in [0.717, 1.165) is 18.4 Å². The number of alkyl carbamates (subject to hydrolysis) is 1. The SMILES string of the molecule is CCC(CC)OC(=O)N[C@H]1CCC(=O)N2c3c(Br)cc(F)cc3Oc3ccccc3[C@@H]12. The maximum absolute atomic E-state index is 14.1. The summed E-state index contributed by atoms with van der Waals surface area (Å²) in [7, 11) is 0. The number of halogens is 2. The first kappa shape index (κ1) is 21.6. The highest BCUT2D eigenvalue weighted by molar-refractivity contribution is 9.10. The van der Waals surface area contributed by atoms with Crippen molar-refractivity contribution >= 4 is 33.6 Å². The molecule has 8 heteroatoms. The zero-order valence-electron chi connectivity index (χ0n) is 17.4. The summed E-state index contributed by atoms with van der Waals surface area (Å²) in [5.74, 6) is 0.166. The third-order valence-corrected chi connectivity index (χ3v) is 6.38. The summed E-state index contributed by atoms with van der Waals surface area (Å²) in [6.45, 7) is 3.93. The fraction of sp³-hybridized carbons (Fsp3) is 0.391. The molecule has 0 aliphatic carbocycles. The quantitative estimate of drug-likeness (QED) is 0.583. The van der Waals surface area contributed by atoms with Gasteiger partial charge in [-0.05, 0) is 47.3 Å². The highest BCUT2D eigenvalue weighted by atomic mass is 79.9. The molecule has 2 amide bonds. The Kier molecular flexibility index (Phi) is 6.18. The van der Waals surface area contributed by atoms with Crippen molar-refractivity contribution in [2.24, 2.45) is 0 Å². The molecule has 0 spiro atoms. The number of benzene rings is 2. The lowest BCUT2D eigenvalue weighted by Crippen LogP contribution is -2.52. The summed E-state index contributed by atoms with van der Waals surface area (Å²) in [4.78, 5) is 27.3. The smallest absolute Gasteiger partial charge is 0.407 e. The fourth-order valence-electron chi connectivity index (χ4n) is 4.25. The van der Waals surface area contributed by atoms with Gasteiger partial charge in [-0.15, -0.1) is 0 Å². The van der Waals surface area contributed by atoms with E-state index >= 15 is 0 Å². The molecule has 2 atom stereocenters. The molecule has 6 nitrogen and oxygen atoms in total. The maximum Gasteiger partial charge on any atom is 0.407 e. The summed E-state index contributed by atoms with van der Waals surface area (Å²) < 4.78 is 26.1. The average molecular weight is 491 g/mol. The topological polar surface area (TPSA) is 67.9 Å². The summed E-state index contributed by atoms with van der Waals surface area (Å²) in [5, 5.41) is 2.97. The number of nitrogens with zero attached hydrogens (tertiary/aromatic N) is 1. The minimum absolute atomic E-state index is 0.120. The van der Waals surface area contributed by atoms with E-state index < -0.39 is 24.0 Å². The Hall–Kier alpha value is -2.61. The lowest BCUT2D eigenvalue weighted by Gasteiger charge is -2.41. The van der Waals surface area contributed by atoms with Crippen molar-refractivity contribution in [1.29, 1.82) is 0 Å². The zero-order valence-corrected chi connectivity index (χ0v) is 18.9. The Bertz CT molecular complexity index is 1010. The average Bonchev–Trinajstić information content (AvgIpc) is 2.89. The van der Waals surface area contributed by atoms with Crippen molar-refractivity contribution in [3.05, 3.63) is 52.3 Å². The monoisotopic (exact) mass is 490 g/mol. The summed E-state index contributed by atoms with van der Waals surface area (Å²) in [6.07, 6.45) is 1.48. The van der Waals surface area contributed by atoms with Gasteiger partial charge in [0.25, 0.3) is 0 Å². The number of amides is 2. The van der Waals surface area contributed by atoms with E-state index in [4.69, 9.17) is 9.47 Å². The van der Waals surface area contributed by atoms with E-state index in [1.54, 1.807) is 11.0 Å². The summed E-state index contributed by atoms with van der Waals surface area (Å²) in [5.41, 5.74) is 1.19. The third kappa shape index (κ3) is 4.13. The van der Waals surface area contributed by atoms with Crippen LogP contribution in [0.4, 0.5) is 14.9 Å². The van der Waals surface area contributed by atoms with Gasteiger partial charge in [0.2, 0.25) is 5.91 Å². The van der Waals surface area contributed by atoms with Crippen LogP contribution >= 0.6 is 15.9 Å². The van der Waals surface area contributed by atoms with Crippen LogP contribution in [0.2, 0.25) is 0 Å². The van der Waals surface area contributed by atoms with Crippen molar-refractivity contribution in [2.45, 2.75) is 57.7 Å². The van der Waals surface area contributed by atoms with Crippen molar-refractivity contribution < 1.29 is 23.5 Å². The minimum atomic E-state index is -0.519. The number of carbonyl (C=O) groups is 2. The Morgan fingerprint density at radius 3 is 2.77 bits per heavy atom. The Morgan fingerprint density at radius 2 is 2.03 bits per heavy atom. The summed E-state index contributed by atoms with van der Waals surface area (Å²) >= 11 is 3.40. The number of hydrogen-bond donors (Lipinski definition) is 1. The Balaban J connectivity index is 1.78. The zero-order chi connectivity index (χ0) is 22.1. The van der Waals surface area contributed by atoms with Gasteiger partial charge in [0.1, 0.15) is 23.4 Å². The van der Waals surface area contributed by atoms with E-state index in [-0.39, 0.29) is 24.2 Å². The molecule has 2 aliphatic rings. The third-order valence-electron chi connectivity index (χ3n) is 5.78. The van der Waals surface area contributed by atoms with Crippen LogP contribution in [0.1, 0.15) is 51.1 Å². The van der Waals surface area contributed by atoms with Crippen molar-refractivity contribution in [2.75, 3.05) is 4.90 Å². The van der Waals surface area contributed by atoms with E-state index in [1.165, 1.54) is 12.1 Å². The maximum atomic E-state index is 14.1. The Morgan fingerprint density at radius 1 is 1.29 bits per heavy atom. The normalized spacial score (nSPS) is 19.6. The molecule has 1 fully saturated rings. The number of ether oxygens (including phenoxy) is 2. The number of fused-ring (bicyclic) bond motifs is 5. The van der Waals surface area contributed by atoms with Crippen LogP contribution in [0.25, 0.3) is 0 Å². The van der Waals surface area contributed by atoms with Crippen molar-refractivity contribution in [1.82, 2.24) is 5.32 Å². The van der Waals surface area contributed by atoms with Crippen LogP contribution in [0.3, 0.4) is 0 Å². The molecule has 2 heterocycles. The van der Waals surface area contributed by atoms with E-state index in [0.29, 0.717) is 22.3 Å². The first-order chi connectivity index (χ1) is 14.9. The van der Waals surface area contributed by atoms with Gasteiger partial charge in [-0.25, -0.2) is 9.18 Å². The minimum Gasteiger partial charge on any atom is -0.455 e. The molecular weight excluding hydrogens is 467 g/mol. The first-order valence-corrected chi connectivity index (χ1v) is 11.3. The van der Waals surface area contributed by atoms with E-state index in [1.807, 2.05) is 32.0 Å². The van der Waals surface area contributed by atoms with Crippen LogP contribution < -0.4 is 15.0 Å². The first-order valence-electron chi connectivity index (χ1n) is 10.5. The molecule has 0 bridgehead atoms. The second-order valence-electron chi connectivity index (χ2n) is 7.72. The van der Waals surface area contributed by atoms with Gasteiger partial charge in [-0.2, -0.15) is 0 Å². The number of carbonyl (C=O) groups excluding carboxylic acids is 2. The molecule has 1 N–H and O–H groups in total. The van der Waals surface area contributed by atoms with Crippen molar-refractivity contribution in [3.8, 4) is 11.5 Å². The van der Waals surface area contributed by atoms with Gasteiger partial charge in [0.05, 0.1) is 12.1 Å². The molecule has 0 radical (unpaired) electrons. The van der Waals surface area contributed by atoms with Gasteiger partial charge >= 0.3 is 6.09 Å². The lowest BCUT2D eigenvalue weighted by atomic mass is 9.89. The van der Waals surface area contributed by atoms with E-state index in [2.05, 4.69) is 21.2 Å². The molecule has 2 aromatic rings. The number of nitrogens with one attached hydrogen (secondary N) is 1. The standard InChI is InChI=1S/C23H24BrFN2O4/c1-3-14(4-2)30-23(29)26-17-9-10-20(28)27-21(17)15-7-5-6-8-18(15)31-19-12-13(25)11-16(24)22(19)27/h5-8,11-12,14,17,21H,3-4,9-10H2,1-2H3,(H,26,29)/t17-,21-/m0/s1. The van der Waals surface area contributed by atoms with Gasteiger partial charge in [-0.3, -0.25) is 9.69 Å². The second-order valence-corrected chi connectivity index (χ2v) is 8.57. The number of hydrogen-bond acceptors (Lipinski definition) is 4. The lowest BCUT2D eigenvalue weighted by molar-refractivity contribution is -0.120. The molecule has 0 aromatic heterocycles. The number of rotatable bonds is 4. The molecule has 0 unspecified atom stereocenters. The van der Waals surface area contributed by atoms with Crippen LogP contribution in [0.5, 0.6) is 11.5 Å². The molecule has 2 aliphatic heterocycles. The van der Waals surface area contributed by atoms with Gasteiger partial charge in [0, 0.05) is 22.5 Å². The van der Waals surface area contributed by atoms with Crippen LogP contribution in [-0.4, -0.2) is 24.1 Å². The highest BCUT2D eigenvalue weighted by Crippen LogP contribution is 2.50. The van der Waals surface area contributed by atoms with Gasteiger partial charge in [0.15, 0.2) is 5.75 Å². The van der Waals surface area contributed by atoms with Gasteiger partial charge < -0.3 is 14.8 Å². The number of piperidine rings is 1. The number of anilines is 1. The van der Waals surface area contributed by atoms with Gasteiger partial charge in [-0.1, -0.05) is 32.0 Å². The van der Waals surface area contributed by atoms with Crippen molar-refractivity contribution in [3.63, 3.8) is 0 Å².